The Hall–Kier alpha value is -3.82. The smallest absolute Gasteiger partial charge is 0.415 e. The first-order valence-corrected chi connectivity index (χ1v) is 14.8. The summed E-state index contributed by atoms with van der Waals surface area (Å²) >= 11 is 0. The lowest BCUT2D eigenvalue weighted by molar-refractivity contribution is -0.162. The van der Waals surface area contributed by atoms with Crippen molar-refractivity contribution in [3.05, 3.63) is 24.2 Å². The predicted molar refractivity (Wildman–Crippen MR) is 153 cm³/mol. The van der Waals surface area contributed by atoms with Crippen LogP contribution in [-0.4, -0.2) is 81.5 Å². The Morgan fingerprint density at radius 2 is 1.89 bits per heavy atom. The van der Waals surface area contributed by atoms with Crippen molar-refractivity contribution in [2.45, 2.75) is 96.2 Å². The average molecular weight is 620 g/mol. The van der Waals surface area contributed by atoms with E-state index in [-0.39, 0.29) is 36.7 Å². The third kappa shape index (κ3) is 7.63. The fourth-order valence-electron chi connectivity index (χ4n) is 5.50. The number of rotatable bonds is 11. The molecule has 15 nitrogen and oxygen atoms in total. The van der Waals surface area contributed by atoms with Crippen LogP contribution in [0.1, 0.15) is 71.9 Å². The second kappa shape index (κ2) is 14.3. The van der Waals surface area contributed by atoms with Crippen LogP contribution in [0.4, 0.5) is 10.6 Å². The number of esters is 3. The van der Waals surface area contributed by atoms with Crippen LogP contribution in [0.15, 0.2) is 18.5 Å². The van der Waals surface area contributed by atoms with Gasteiger partial charge in [-0.25, -0.2) is 14.3 Å². The molecule has 0 bridgehead atoms. The monoisotopic (exact) mass is 619 g/mol. The van der Waals surface area contributed by atoms with Gasteiger partial charge in [-0.05, 0) is 43.7 Å². The van der Waals surface area contributed by atoms with Gasteiger partial charge in [0.05, 0.1) is 5.69 Å². The molecule has 4 N–H and O–H groups in total. The fraction of sp³-hybridized carbons (Fsp3) is 0.655. The molecule has 2 aliphatic rings. The summed E-state index contributed by atoms with van der Waals surface area (Å²) in [7, 11) is 0. The average Bonchev–Trinajstić information content (AvgIpc) is 3.52. The third-order valence-corrected chi connectivity index (χ3v) is 8.10. The molecule has 1 saturated heterocycles. The molecular formula is C29H41N5O10. The maximum atomic E-state index is 12.9. The third-order valence-electron chi connectivity index (χ3n) is 8.10. The number of hydrogen-bond acceptors (Lipinski definition) is 13. The molecule has 1 saturated carbocycles. The number of carbonyl (C=O) groups excluding carboxylic acids is 4. The highest BCUT2D eigenvalue weighted by Gasteiger charge is 2.56. The summed E-state index contributed by atoms with van der Waals surface area (Å²) < 4.78 is 28.4. The van der Waals surface area contributed by atoms with Gasteiger partial charge in [-0.15, -0.1) is 0 Å². The van der Waals surface area contributed by atoms with E-state index in [1.54, 1.807) is 32.9 Å². The molecular weight excluding hydrogens is 578 g/mol. The Labute approximate surface area is 254 Å². The van der Waals surface area contributed by atoms with E-state index in [1.165, 1.54) is 24.2 Å². The Morgan fingerprint density at radius 1 is 1.16 bits per heavy atom. The van der Waals surface area contributed by atoms with E-state index in [2.05, 4.69) is 20.1 Å². The van der Waals surface area contributed by atoms with Crippen molar-refractivity contribution in [3.63, 3.8) is 0 Å². The Bertz CT molecular complexity index is 1340. The molecule has 0 spiro atoms. The molecule has 1 amide bonds. The zero-order valence-electron chi connectivity index (χ0n) is 25.4. The predicted octanol–water partition coefficient (Wildman–Crippen LogP) is 2.18. The van der Waals surface area contributed by atoms with Gasteiger partial charge >= 0.3 is 24.0 Å². The van der Waals surface area contributed by atoms with E-state index in [0.29, 0.717) is 11.2 Å². The molecule has 2 aromatic rings. The van der Waals surface area contributed by atoms with E-state index < -0.39 is 54.8 Å². The van der Waals surface area contributed by atoms with E-state index in [1.807, 2.05) is 0 Å². The first-order valence-electron chi connectivity index (χ1n) is 14.8. The normalized spacial score (nSPS) is 24.6. The molecule has 5 atom stereocenters. The van der Waals surface area contributed by atoms with Gasteiger partial charge in [-0.2, -0.15) is 5.10 Å². The number of nitrogens with two attached hydrogens (primary N) is 1. The van der Waals surface area contributed by atoms with Gasteiger partial charge in [0, 0.05) is 13.3 Å². The summed E-state index contributed by atoms with van der Waals surface area (Å²) in [6.07, 6.45) is 2.16. The first kappa shape index (κ1) is 33.1. The fourth-order valence-corrected chi connectivity index (χ4v) is 5.50. The second-order valence-corrected chi connectivity index (χ2v) is 11.7. The zero-order valence-corrected chi connectivity index (χ0v) is 25.4. The number of nitrogens with one attached hydrogen (secondary N) is 1. The molecule has 44 heavy (non-hydrogen) atoms. The number of anilines is 1. The maximum absolute atomic E-state index is 12.9. The minimum Gasteiger partial charge on any atom is -0.463 e. The highest BCUT2D eigenvalue weighted by molar-refractivity contribution is 5.88. The van der Waals surface area contributed by atoms with Crippen LogP contribution in [0.5, 0.6) is 0 Å². The minimum absolute atomic E-state index is 0.0641. The molecule has 0 radical (unpaired) electrons. The molecule has 1 aliphatic carbocycles. The highest BCUT2D eigenvalue weighted by atomic mass is 16.7. The Kier molecular flexibility index (Phi) is 10.8. The molecule has 242 valence electrons. The standard InChI is InChI=1S/C29H41N5O10/c1-16(2)23(30)27(38)43-24-20(13-40-22(36)12-18-8-6-5-7-9-18)44-29(4,25(24)37)21-11-10-19-26(31-14-32-34(19)21)33-28(39)42-15-41-17(3)35/h10-11,14,16,18,20,23-25,37H,5-9,12-13,15,30H2,1-4H3,(H,31,32,33,39)/t20-,23+,24-,25-,29+/m1/s1. The Morgan fingerprint density at radius 3 is 2.57 bits per heavy atom. The minimum atomic E-state index is -1.51. The van der Waals surface area contributed by atoms with Crippen LogP contribution >= 0.6 is 0 Å². The number of aromatic nitrogens is 3. The molecule has 2 aromatic heterocycles. The zero-order chi connectivity index (χ0) is 32.0. The second-order valence-electron chi connectivity index (χ2n) is 11.7. The number of fused-ring (bicyclic) bond motifs is 1. The van der Waals surface area contributed by atoms with Crippen molar-refractivity contribution in [1.29, 1.82) is 0 Å². The van der Waals surface area contributed by atoms with Crippen molar-refractivity contribution < 1.29 is 48.0 Å². The summed E-state index contributed by atoms with van der Waals surface area (Å²) in [5.74, 6) is -1.62. The van der Waals surface area contributed by atoms with Gasteiger partial charge in [-0.1, -0.05) is 33.1 Å². The molecule has 2 fully saturated rings. The van der Waals surface area contributed by atoms with Crippen LogP contribution in [0.3, 0.4) is 0 Å². The van der Waals surface area contributed by atoms with Crippen molar-refractivity contribution >= 4 is 35.3 Å². The van der Waals surface area contributed by atoms with E-state index >= 15 is 0 Å². The van der Waals surface area contributed by atoms with Crippen LogP contribution in [0, 0.1) is 11.8 Å². The van der Waals surface area contributed by atoms with E-state index in [0.717, 1.165) is 25.7 Å². The number of nitrogens with zero attached hydrogens (tertiary/aromatic N) is 3. The molecule has 4 rings (SSSR count). The summed E-state index contributed by atoms with van der Waals surface area (Å²) in [6.45, 7) is 5.47. The first-order chi connectivity index (χ1) is 20.9. The number of aliphatic hydroxyl groups is 1. The SMILES string of the molecule is CC(=O)OCOC(=O)Nc1ncnn2c([C@]3(C)O[C@H](COC(=O)CC4CCCCC4)[C@@H](OC(=O)[C@@H](N)C(C)C)[C@H]3O)ccc12. The van der Waals surface area contributed by atoms with Gasteiger partial charge in [-0.3, -0.25) is 19.7 Å². The van der Waals surface area contributed by atoms with E-state index in [4.69, 9.17) is 24.7 Å². The molecule has 3 heterocycles. The topological polar surface area (TPSA) is 203 Å². The lowest BCUT2D eigenvalue weighted by atomic mass is 9.87. The summed E-state index contributed by atoms with van der Waals surface area (Å²) in [5, 5.41) is 18.3. The van der Waals surface area contributed by atoms with Gasteiger partial charge < -0.3 is 34.5 Å². The van der Waals surface area contributed by atoms with Crippen molar-refractivity contribution in [2.24, 2.45) is 17.6 Å². The lowest BCUT2D eigenvalue weighted by Crippen LogP contribution is -2.46. The van der Waals surface area contributed by atoms with Crippen LogP contribution in [-0.2, 0) is 43.7 Å². The molecule has 0 aromatic carbocycles. The quantitative estimate of drug-likeness (QED) is 0.188. The maximum Gasteiger partial charge on any atom is 0.415 e. The van der Waals surface area contributed by atoms with Gasteiger partial charge in [0.15, 0.2) is 11.9 Å². The Balaban J connectivity index is 1.55. The number of aliphatic hydroxyl groups excluding tert-OH is 1. The summed E-state index contributed by atoms with van der Waals surface area (Å²) in [4.78, 5) is 52.8. The van der Waals surface area contributed by atoms with Crippen LogP contribution in [0.2, 0.25) is 0 Å². The summed E-state index contributed by atoms with van der Waals surface area (Å²) in [6, 6.07) is 2.25. The number of carbonyl (C=O) groups is 4. The largest absolute Gasteiger partial charge is 0.463 e. The van der Waals surface area contributed by atoms with Crippen molar-refractivity contribution in [2.75, 3.05) is 18.7 Å². The summed E-state index contributed by atoms with van der Waals surface area (Å²) in [5.41, 5.74) is 5.17. The van der Waals surface area contributed by atoms with Crippen LogP contribution in [0.25, 0.3) is 5.52 Å². The number of hydrogen-bond donors (Lipinski definition) is 3. The van der Waals surface area contributed by atoms with Gasteiger partial charge in [0.25, 0.3) is 0 Å². The van der Waals surface area contributed by atoms with Gasteiger partial charge in [0.1, 0.15) is 42.3 Å². The molecule has 15 heteroatoms. The molecule has 0 unspecified atom stereocenters. The lowest BCUT2D eigenvalue weighted by Gasteiger charge is -2.28. The van der Waals surface area contributed by atoms with Crippen LogP contribution < -0.4 is 11.1 Å². The van der Waals surface area contributed by atoms with Crippen molar-refractivity contribution in [3.8, 4) is 0 Å². The number of amides is 1. The van der Waals surface area contributed by atoms with E-state index in [9.17, 15) is 24.3 Å². The van der Waals surface area contributed by atoms with Crippen molar-refractivity contribution in [1.82, 2.24) is 14.6 Å². The van der Waals surface area contributed by atoms with Gasteiger partial charge in [0.2, 0.25) is 6.79 Å². The number of ether oxygens (including phenoxy) is 5. The molecule has 1 aliphatic heterocycles. The highest BCUT2D eigenvalue weighted by Crippen LogP contribution is 2.42.